The van der Waals surface area contributed by atoms with Crippen molar-refractivity contribution in [2.45, 2.75) is 13.5 Å². The molecule has 0 atom stereocenters. The molecule has 4 nitrogen and oxygen atoms in total. The first-order valence-corrected chi connectivity index (χ1v) is 6.53. The van der Waals surface area contributed by atoms with E-state index in [2.05, 4.69) is 16.7 Å². The Kier molecular flexibility index (Phi) is 4.44. The summed E-state index contributed by atoms with van der Waals surface area (Å²) in [5.41, 5.74) is 1.14. The van der Waals surface area contributed by atoms with Crippen LogP contribution in [-0.4, -0.2) is 54.7 Å². The van der Waals surface area contributed by atoms with E-state index in [0.717, 1.165) is 44.8 Å². The molecule has 0 radical (unpaired) electrons. The molecule has 0 saturated carbocycles. The van der Waals surface area contributed by atoms with Crippen molar-refractivity contribution in [1.82, 2.24) is 9.80 Å². The maximum Gasteiger partial charge on any atom is 0.160 e. The molecule has 0 aromatic heterocycles. The highest BCUT2D eigenvalue weighted by Crippen LogP contribution is 2.26. The predicted molar refractivity (Wildman–Crippen MR) is 72.0 cm³/mol. The van der Waals surface area contributed by atoms with Crippen molar-refractivity contribution in [2.75, 3.05) is 39.8 Å². The van der Waals surface area contributed by atoms with Crippen molar-refractivity contribution in [3.05, 3.63) is 23.8 Å². The average molecular weight is 250 g/mol. The first-order valence-electron chi connectivity index (χ1n) is 6.53. The first kappa shape index (κ1) is 13.2. The summed E-state index contributed by atoms with van der Waals surface area (Å²) in [6.45, 7) is 8.71. The van der Waals surface area contributed by atoms with Crippen molar-refractivity contribution in [3.8, 4) is 11.5 Å². The van der Waals surface area contributed by atoms with Gasteiger partial charge in [0.05, 0.1) is 7.11 Å². The molecule has 18 heavy (non-hydrogen) atoms. The number of hydrogen-bond acceptors (Lipinski definition) is 4. The molecule has 0 aliphatic carbocycles. The number of hydrogen-bond donors (Lipinski definition) is 1. The number of benzene rings is 1. The quantitative estimate of drug-likeness (QED) is 0.879. The molecule has 4 heteroatoms. The van der Waals surface area contributed by atoms with Crippen LogP contribution in [0.3, 0.4) is 0 Å². The highest BCUT2D eigenvalue weighted by molar-refractivity contribution is 5.41. The van der Waals surface area contributed by atoms with Gasteiger partial charge in [0.1, 0.15) is 0 Å². The van der Waals surface area contributed by atoms with Gasteiger partial charge >= 0.3 is 0 Å². The summed E-state index contributed by atoms with van der Waals surface area (Å²) < 4.78 is 5.05. The molecule has 1 aromatic rings. The number of rotatable bonds is 4. The van der Waals surface area contributed by atoms with Crippen molar-refractivity contribution >= 4 is 0 Å². The molecule has 1 aliphatic rings. The van der Waals surface area contributed by atoms with E-state index in [4.69, 9.17) is 4.74 Å². The van der Waals surface area contributed by atoms with E-state index in [0.29, 0.717) is 5.75 Å². The fourth-order valence-electron chi connectivity index (χ4n) is 2.36. The number of phenols is 1. The molecule has 1 N–H and O–H groups in total. The Hall–Kier alpha value is -1.26. The van der Waals surface area contributed by atoms with E-state index in [1.807, 2.05) is 12.1 Å². The minimum absolute atomic E-state index is 0.224. The van der Waals surface area contributed by atoms with Crippen LogP contribution in [0.4, 0.5) is 0 Å². The lowest BCUT2D eigenvalue weighted by molar-refractivity contribution is 0.132. The minimum Gasteiger partial charge on any atom is -0.504 e. The van der Waals surface area contributed by atoms with Crippen LogP contribution in [0.2, 0.25) is 0 Å². The summed E-state index contributed by atoms with van der Waals surface area (Å²) in [5.74, 6) is 0.761. The van der Waals surface area contributed by atoms with Gasteiger partial charge in [-0.25, -0.2) is 0 Å². The first-order chi connectivity index (χ1) is 8.72. The van der Waals surface area contributed by atoms with Crippen LogP contribution in [0.5, 0.6) is 11.5 Å². The van der Waals surface area contributed by atoms with E-state index >= 15 is 0 Å². The van der Waals surface area contributed by atoms with E-state index in [9.17, 15) is 5.11 Å². The summed E-state index contributed by atoms with van der Waals surface area (Å²) in [7, 11) is 1.57. The summed E-state index contributed by atoms with van der Waals surface area (Å²) in [5, 5.41) is 9.75. The zero-order chi connectivity index (χ0) is 13.0. The third-order valence-electron chi connectivity index (χ3n) is 3.56. The summed E-state index contributed by atoms with van der Waals surface area (Å²) in [4.78, 5) is 4.88. The van der Waals surface area contributed by atoms with Crippen LogP contribution in [0.1, 0.15) is 12.5 Å². The third-order valence-corrected chi connectivity index (χ3v) is 3.56. The topological polar surface area (TPSA) is 35.9 Å². The minimum atomic E-state index is 0.224. The molecule has 1 aromatic carbocycles. The molecule has 100 valence electrons. The van der Waals surface area contributed by atoms with Gasteiger partial charge in [-0.05, 0) is 24.2 Å². The Balaban J connectivity index is 1.92. The molecule has 0 spiro atoms. The van der Waals surface area contributed by atoms with E-state index in [1.54, 1.807) is 13.2 Å². The fourth-order valence-corrected chi connectivity index (χ4v) is 2.36. The lowest BCUT2D eigenvalue weighted by atomic mass is 10.1. The average Bonchev–Trinajstić information content (AvgIpc) is 2.40. The Morgan fingerprint density at radius 1 is 1.17 bits per heavy atom. The Morgan fingerprint density at radius 3 is 2.39 bits per heavy atom. The smallest absolute Gasteiger partial charge is 0.160 e. The number of phenolic OH excluding ortho intramolecular Hbond substituents is 1. The van der Waals surface area contributed by atoms with E-state index < -0.39 is 0 Å². The molecule has 1 saturated heterocycles. The fraction of sp³-hybridized carbons (Fsp3) is 0.571. The Bertz CT molecular complexity index is 387. The predicted octanol–water partition coefficient (Wildman–Crippen LogP) is 1.54. The molecular formula is C14H22N2O2. The van der Waals surface area contributed by atoms with Crippen LogP contribution in [-0.2, 0) is 6.54 Å². The number of ether oxygens (including phenoxy) is 1. The summed E-state index contributed by atoms with van der Waals surface area (Å²) in [6.07, 6.45) is 0. The van der Waals surface area contributed by atoms with Gasteiger partial charge in [-0.3, -0.25) is 4.90 Å². The number of methoxy groups -OCH3 is 1. The molecule has 0 amide bonds. The normalized spacial score (nSPS) is 17.9. The van der Waals surface area contributed by atoms with Gasteiger partial charge in [0.2, 0.25) is 0 Å². The van der Waals surface area contributed by atoms with Crippen molar-refractivity contribution in [2.24, 2.45) is 0 Å². The number of likely N-dealkylation sites (N-methyl/N-ethyl adjacent to an activating group) is 1. The van der Waals surface area contributed by atoms with Crippen LogP contribution in [0, 0.1) is 0 Å². The van der Waals surface area contributed by atoms with Crippen molar-refractivity contribution < 1.29 is 9.84 Å². The Morgan fingerprint density at radius 2 is 1.83 bits per heavy atom. The Labute approximate surface area is 109 Å². The van der Waals surface area contributed by atoms with Gasteiger partial charge in [0.25, 0.3) is 0 Å². The van der Waals surface area contributed by atoms with Gasteiger partial charge < -0.3 is 14.7 Å². The number of aromatic hydroxyl groups is 1. The molecular weight excluding hydrogens is 228 g/mol. The maximum absolute atomic E-state index is 9.75. The second kappa shape index (κ2) is 6.07. The highest BCUT2D eigenvalue weighted by Gasteiger charge is 2.15. The maximum atomic E-state index is 9.75. The van der Waals surface area contributed by atoms with Crippen LogP contribution in [0.15, 0.2) is 18.2 Å². The molecule has 1 fully saturated rings. The molecule has 0 unspecified atom stereocenters. The number of piperazine rings is 1. The van der Waals surface area contributed by atoms with Gasteiger partial charge in [-0.15, -0.1) is 0 Å². The molecule has 0 bridgehead atoms. The van der Waals surface area contributed by atoms with Gasteiger partial charge in [0.15, 0.2) is 11.5 Å². The van der Waals surface area contributed by atoms with Gasteiger partial charge in [-0.2, -0.15) is 0 Å². The number of nitrogens with zero attached hydrogens (tertiary/aromatic N) is 2. The summed E-state index contributed by atoms with van der Waals surface area (Å²) >= 11 is 0. The zero-order valence-electron chi connectivity index (χ0n) is 11.2. The second-order valence-corrected chi connectivity index (χ2v) is 4.72. The van der Waals surface area contributed by atoms with Crippen molar-refractivity contribution in [1.29, 1.82) is 0 Å². The second-order valence-electron chi connectivity index (χ2n) is 4.72. The van der Waals surface area contributed by atoms with Crippen LogP contribution in [0.25, 0.3) is 0 Å². The molecule has 2 rings (SSSR count). The van der Waals surface area contributed by atoms with Crippen LogP contribution >= 0.6 is 0 Å². The zero-order valence-corrected chi connectivity index (χ0v) is 11.2. The molecule has 1 heterocycles. The largest absolute Gasteiger partial charge is 0.504 e. The van der Waals surface area contributed by atoms with Gasteiger partial charge in [-0.1, -0.05) is 13.0 Å². The third kappa shape index (κ3) is 3.15. The van der Waals surface area contributed by atoms with Crippen LogP contribution < -0.4 is 4.74 Å². The standard InChI is InChI=1S/C14H22N2O2/c1-3-15-6-8-16(9-7-15)11-12-4-5-14(18-2)13(17)10-12/h4-5,10,17H,3,6-9,11H2,1-2H3. The molecule has 1 aliphatic heterocycles. The van der Waals surface area contributed by atoms with Gasteiger partial charge in [0, 0.05) is 32.7 Å². The SMILES string of the molecule is CCN1CCN(Cc2ccc(OC)c(O)c2)CC1. The lowest BCUT2D eigenvalue weighted by Crippen LogP contribution is -2.45. The monoisotopic (exact) mass is 250 g/mol. The van der Waals surface area contributed by atoms with Crippen molar-refractivity contribution in [3.63, 3.8) is 0 Å². The van der Waals surface area contributed by atoms with E-state index in [1.165, 1.54) is 0 Å². The van der Waals surface area contributed by atoms with E-state index in [-0.39, 0.29) is 5.75 Å². The highest BCUT2D eigenvalue weighted by atomic mass is 16.5. The lowest BCUT2D eigenvalue weighted by Gasteiger charge is -2.34. The summed E-state index contributed by atoms with van der Waals surface area (Å²) in [6, 6.07) is 5.64.